The molecule has 0 saturated carbocycles. The van der Waals surface area contributed by atoms with Crippen LogP contribution in [0.3, 0.4) is 0 Å². The van der Waals surface area contributed by atoms with Gasteiger partial charge in [0.25, 0.3) is 5.91 Å². The van der Waals surface area contributed by atoms with E-state index in [0.29, 0.717) is 0 Å². The zero-order valence-corrected chi connectivity index (χ0v) is 19.9. The third-order valence-electron chi connectivity index (χ3n) is 7.26. The number of carbonyl (C=O) groups excluding carboxylic acids is 1. The van der Waals surface area contributed by atoms with E-state index in [2.05, 4.69) is 58.4 Å². The van der Waals surface area contributed by atoms with Gasteiger partial charge in [-0.1, -0.05) is 48.4 Å². The molecule has 0 radical (unpaired) electrons. The normalized spacial score (nSPS) is 18.6. The fourth-order valence-corrected chi connectivity index (χ4v) is 5.24. The number of hydrogen-bond donors (Lipinski definition) is 1. The number of nitrogens with one attached hydrogen (secondary N) is 1. The van der Waals surface area contributed by atoms with Gasteiger partial charge in [0, 0.05) is 18.2 Å². The van der Waals surface area contributed by atoms with Crippen LogP contribution in [-0.2, 0) is 0 Å². The molecule has 2 fully saturated rings. The highest BCUT2D eigenvalue weighted by molar-refractivity contribution is 5.96. The summed E-state index contributed by atoms with van der Waals surface area (Å²) in [5.41, 5.74) is 5.41. The molecule has 32 heavy (non-hydrogen) atoms. The van der Waals surface area contributed by atoms with Crippen molar-refractivity contribution in [2.75, 3.05) is 39.3 Å². The van der Waals surface area contributed by atoms with Crippen LogP contribution in [-0.4, -0.2) is 61.0 Å². The molecule has 2 heterocycles. The van der Waals surface area contributed by atoms with Gasteiger partial charge in [-0.2, -0.15) is 0 Å². The van der Waals surface area contributed by atoms with E-state index in [0.717, 1.165) is 42.2 Å². The highest BCUT2D eigenvalue weighted by atomic mass is 16.1. The zero-order valence-electron chi connectivity index (χ0n) is 19.9. The van der Waals surface area contributed by atoms with Crippen LogP contribution in [0.25, 0.3) is 11.1 Å². The molecule has 172 valence electrons. The predicted molar refractivity (Wildman–Crippen MR) is 133 cm³/mol. The molecule has 0 aliphatic carbocycles. The summed E-state index contributed by atoms with van der Waals surface area (Å²) in [5, 5.41) is 3.13. The minimum absolute atomic E-state index is 0.0433. The molecule has 2 aliphatic rings. The molecule has 1 N–H and O–H groups in total. The van der Waals surface area contributed by atoms with Crippen molar-refractivity contribution >= 4 is 5.91 Å². The van der Waals surface area contributed by atoms with Crippen molar-refractivity contribution in [1.82, 2.24) is 15.1 Å². The summed E-state index contributed by atoms with van der Waals surface area (Å²) in [5.74, 6) is 0.0433. The minimum atomic E-state index is 0.0433. The number of rotatable bonds is 7. The van der Waals surface area contributed by atoms with Crippen LogP contribution in [0.1, 0.15) is 60.0 Å². The van der Waals surface area contributed by atoms with E-state index in [4.69, 9.17) is 0 Å². The van der Waals surface area contributed by atoms with Gasteiger partial charge in [0.2, 0.25) is 0 Å². The molecule has 0 unspecified atom stereocenters. The SMILES string of the molecule is Cc1ccc(-c2ccc(C(=O)NCCCN3CCC(N4CCCCC4)CC3)c(C)c2)cc1. The summed E-state index contributed by atoms with van der Waals surface area (Å²) < 4.78 is 0. The molecule has 2 aromatic carbocycles. The molecule has 4 nitrogen and oxygen atoms in total. The topological polar surface area (TPSA) is 35.6 Å². The first-order chi connectivity index (χ1) is 15.6. The molecule has 0 atom stereocenters. The van der Waals surface area contributed by atoms with E-state index >= 15 is 0 Å². The third kappa shape index (κ3) is 5.99. The molecule has 0 aromatic heterocycles. The Morgan fingerprint density at radius 3 is 2.28 bits per heavy atom. The summed E-state index contributed by atoms with van der Waals surface area (Å²) in [6, 6.07) is 15.5. The van der Waals surface area contributed by atoms with Crippen LogP contribution in [0.5, 0.6) is 0 Å². The number of aryl methyl sites for hydroxylation is 2. The number of nitrogens with zero attached hydrogens (tertiary/aromatic N) is 2. The van der Waals surface area contributed by atoms with E-state index in [1.54, 1.807) is 0 Å². The molecule has 4 rings (SSSR count). The first kappa shape index (κ1) is 23.0. The average molecular weight is 434 g/mol. The molecule has 2 aromatic rings. The second kappa shape index (κ2) is 11.1. The molecule has 4 heteroatoms. The quantitative estimate of drug-likeness (QED) is 0.621. The van der Waals surface area contributed by atoms with E-state index in [1.165, 1.54) is 69.4 Å². The number of benzene rings is 2. The lowest BCUT2D eigenvalue weighted by atomic mass is 9.99. The van der Waals surface area contributed by atoms with E-state index in [1.807, 2.05) is 13.0 Å². The van der Waals surface area contributed by atoms with Gasteiger partial charge >= 0.3 is 0 Å². The summed E-state index contributed by atoms with van der Waals surface area (Å²) >= 11 is 0. The van der Waals surface area contributed by atoms with Gasteiger partial charge in [-0.3, -0.25) is 4.79 Å². The largest absolute Gasteiger partial charge is 0.352 e. The highest BCUT2D eigenvalue weighted by Crippen LogP contribution is 2.23. The number of piperidine rings is 2. The van der Waals surface area contributed by atoms with Crippen molar-refractivity contribution < 1.29 is 4.79 Å². The maximum atomic E-state index is 12.7. The van der Waals surface area contributed by atoms with Crippen LogP contribution in [0.2, 0.25) is 0 Å². The number of amides is 1. The van der Waals surface area contributed by atoms with Crippen LogP contribution in [0.15, 0.2) is 42.5 Å². The lowest BCUT2D eigenvalue weighted by Gasteiger charge is -2.40. The van der Waals surface area contributed by atoms with E-state index in [-0.39, 0.29) is 5.91 Å². The predicted octanol–water partition coefficient (Wildman–Crippen LogP) is 5.04. The van der Waals surface area contributed by atoms with Crippen molar-refractivity contribution in [3.63, 3.8) is 0 Å². The van der Waals surface area contributed by atoms with Crippen LogP contribution in [0, 0.1) is 13.8 Å². The van der Waals surface area contributed by atoms with E-state index < -0.39 is 0 Å². The van der Waals surface area contributed by atoms with Crippen LogP contribution >= 0.6 is 0 Å². The lowest BCUT2D eigenvalue weighted by Crippen LogP contribution is -2.47. The second-order valence-corrected chi connectivity index (χ2v) is 9.67. The van der Waals surface area contributed by atoms with Crippen molar-refractivity contribution in [3.8, 4) is 11.1 Å². The second-order valence-electron chi connectivity index (χ2n) is 9.67. The average Bonchev–Trinajstić information content (AvgIpc) is 2.83. The first-order valence-corrected chi connectivity index (χ1v) is 12.5. The fourth-order valence-electron chi connectivity index (χ4n) is 5.24. The van der Waals surface area contributed by atoms with Crippen LogP contribution in [0.4, 0.5) is 0 Å². The summed E-state index contributed by atoms with van der Waals surface area (Å²) in [7, 11) is 0. The fraction of sp³-hybridized carbons (Fsp3) is 0.536. The Balaban J connectivity index is 1.19. The maximum Gasteiger partial charge on any atom is 0.251 e. The van der Waals surface area contributed by atoms with Crippen LogP contribution < -0.4 is 5.32 Å². The Morgan fingerprint density at radius 1 is 0.906 bits per heavy atom. The van der Waals surface area contributed by atoms with Crippen molar-refractivity contribution in [3.05, 3.63) is 59.2 Å². The molecule has 1 amide bonds. The Hall–Kier alpha value is -2.17. The first-order valence-electron chi connectivity index (χ1n) is 12.5. The van der Waals surface area contributed by atoms with Gasteiger partial charge < -0.3 is 15.1 Å². The lowest BCUT2D eigenvalue weighted by molar-refractivity contribution is 0.0902. The standard InChI is InChI=1S/C28H39N3O/c1-22-7-9-24(10-8-22)25-11-12-27(23(2)21-25)28(32)29-15-6-16-30-19-13-26(14-20-30)31-17-4-3-5-18-31/h7-12,21,26H,3-6,13-20H2,1-2H3,(H,29,32). The molecule has 0 bridgehead atoms. The van der Waals surface area contributed by atoms with E-state index in [9.17, 15) is 4.79 Å². The molecule has 0 spiro atoms. The minimum Gasteiger partial charge on any atom is -0.352 e. The summed E-state index contributed by atoms with van der Waals surface area (Å²) in [6.07, 6.45) is 7.80. The Morgan fingerprint density at radius 2 is 1.59 bits per heavy atom. The Kier molecular flexibility index (Phi) is 7.99. The summed E-state index contributed by atoms with van der Waals surface area (Å²) in [4.78, 5) is 18.0. The third-order valence-corrected chi connectivity index (χ3v) is 7.26. The monoisotopic (exact) mass is 433 g/mol. The maximum absolute atomic E-state index is 12.7. The number of hydrogen-bond acceptors (Lipinski definition) is 3. The number of carbonyl (C=O) groups is 1. The van der Waals surface area contributed by atoms with Gasteiger partial charge in [0.1, 0.15) is 0 Å². The Labute approximate surface area is 194 Å². The molecule has 2 saturated heterocycles. The van der Waals surface area contributed by atoms with Crippen molar-refractivity contribution in [1.29, 1.82) is 0 Å². The van der Waals surface area contributed by atoms with Gasteiger partial charge in [-0.25, -0.2) is 0 Å². The highest BCUT2D eigenvalue weighted by Gasteiger charge is 2.25. The zero-order chi connectivity index (χ0) is 22.3. The molecular formula is C28H39N3O. The van der Waals surface area contributed by atoms with Crippen molar-refractivity contribution in [2.24, 2.45) is 0 Å². The molecule has 2 aliphatic heterocycles. The van der Waals surface area contributed by atoms with Gasteiger partial charge in [0.05, 0.1) is 0 Å². The Bertz CT molecular complexity index is 878. The van der Waals surface area contributed by atoms with Gasteiger partial charge in [-0.15, -0.1) is 0 Å². The smallest absolute Gasteiger partial charge is 0.251 e. The van der Waals surface area contributed by atoms with Crippen molar-refractivity contribution in [2.45, 2.75) is 58.4 Å². The molecular weight excluding hydrogens is 394 g/mol. The van der Waals surface area contributed by atoms with Gasteiger partial charge in [-0.05, 0) is 101 Å². The number of likely N-dealkylation sites (tertiary alicyclic amines) is 2. The summed E-state index contributed by atoms with van der Waals surface area (Å²) in [6.45, 7) is 11.0. The van der Waals surface area contributed by atoms with Gasteiger partial charge in [0.15, 0.2) is 0 Å².